The lowest BCUT2D eigenvalue weighted by atomic mass is 9.77. The highest BCUT2D eigenvalue weighted by Crippen LogP contribution is 2.34. The second-order valence-electron chi connectivity index (χ2n) is 4.37. The van der Waals surface area contributed by atoms with E-state index in [1.54, 1.807) is 12.1 Å². The summed E-state index contributed by atoms with van der Waals surface area (Å²) in [5.74, 6) is 0.148. The average molecular weight is 212 g/mol. The van der Waals surface area contributed by atoms with Crippen LogP contribution in [0.2, 0.25) is 0 Å². The van der Waals surface area contributed by atoms with Crippen molar-refractivity contribution in [2.24, 2.45) is 0 Å². The molecule has 0 bridgehead atoms. The van der Waals surface area contributed by atoms with Gasteiger partial charge in [-0.25, -0.2) is 0 Å². The molecular weight excluding hydrogens is 200 g/mol. The van der Waals surface area contributed by atoms with Crippen molar-refractivity contribution in [1.82, 2.24) is 0 Å². The maximum absolute atomic E-state index is 12.2. The Bertz CT molecular complexity index is 476. The van der Waals surface area contributed by atoms with Crippen molar-refractivity contribution in [2.75, 3.05) is 0 Å². The molecule has 80 valence electrons. The molecule has 0 aromatic heterocycles. The third kappa shape index (κ3) is 1.19. The molecule has 0 saturated carbocycles. The lowest BCUT2D eigenvalue weighted by molar-refractivity contribution is 0.0964. The first-order chi connectivity index (χ1) is 7.79. The number of Topliss-reactive ketones (excluding diaryl/α,β-unsaturated/α-hetero) is 2. The Balaban J connectivity index is 2.22. The molecule has 0 amide bonds. The van der Waals surface area contributed by atoms with Gasteiger partial charge in [-0.05, 0) is 25.7 Å². The van der Waals surface area contributed by atoms with Crippen molar-refractivity contribution < 1.29 is 9.59 Å². The molecule has 2 aliphatic carbocycles. The Labute approximate surface area is 94.0 Å². The van der Waals surface area contributed by atoms with E-state index in [4.69, 9.17) is 0 Å². The fourth-order valence-electron chi connectivity index (χ4n) is 2.61. The van der Waals surface area contributed by atoms with E-state index in [9.17, 15) is 9.59 Å². The molecule has 0 saturated heterocycles. The molecular formula is C14H12O2. The number of carbonyl (C=O) groups excluding carboxylic acids is 2. The van der Waals surface area contributed by atoms with E-state index in [0.29, 0.717) is 11.1 Å². The summed E-state index contributed by atoms with van der Waals surface area (Å²) in [4.78, 5) is 24.4. The van der Waals surface area contributed by atoms with E-state index in [1.165, 1.54) is 0 Å². The minimum Gasteiger partial charge on any atom is -0.289 e. The first-order valence-electron chi connectivity index (χ1n) is 5.69. The number of hydrogen-bond acceptors (Lipinski definition) is 2. The van der Waals surface area contributed by atoms with Crippen molar-refractivity contribution >= 4 is 11.6 Å². The topological polar surface area (TPSA) is 34.1 Å². The van der Waals surface area contributed by atoms with Gasteiger partial charge in [0, 0.05) is 22.3 Å². The van der Waals surface area contributed by atoms with Gasteiger partial charge in [-0.2, -0.15) is 0 Å². The first kappa shape index (κ1) is 9.52. The summed E-state index contributed by atoms with van der Waals surface area (Å²) < 4.78 is 0. The van der Waals surface area contributed by atoms with E-state index in [-0.39, 0.29) is 11.6 Å². The van der Waals surface area contributed by atoms with Crippen LogP contribution in [0.1, 0.15) is 46.4 Å². The van der Waals surface area contributed by atoms with Gasteiger partial charge in [-0.1, -0.05) is 24.3 Å². The fraction of sp³-hybridized carbons (Fsp3) is 0.286. The molecule has 0 heterocycles. The molecule has 16 heavy (non-hydrogen) atoms. The zero-order valence-corrected chi connectivity index (χ0v) is 8.95. The normalized spacial score (nSPS) is 19.5. The van der Waals surface area contributed by atoms with E-state index in [1.807, 2.05) is 12.1 Å². The smallest absolute Gasteiger partial charge is 0.190 e. The minimum atomic E-state index is 0.0740. The van der Waals surface area contributed by atoms with Crippen LogP contribution in [0.15, 0.2) is 35.4 Å². The number of rotatable bonds is 0. The van der Waals surface area contributed by atoms with E-state index in [2.05, 4.69) is 0 Å². The van der Waals surface area contributed by atoms with Gasteiger partial charge < -0.3 is 0 Å². The summed E-state index contributed by atoms with van der Waals surface area (Å²) >= 11 is 0. The monoisotopic (exact) mass is 212 g/mol. The Morgan fingerprint density at radius 1 is 0.750 bits per heavy atom. The number of carbonyl (C=O) groups is 2. The second kappa shape index (κ2) is 3.41. The number of allylic oxidation sites excluding steroid dienone is 2. The lowest BCUT2D eigenvalue weighted by Crippen LogP contribution is -2.24. The molecule has 2 nitrogen and oxygen atoms in total. The van der Waals surface area contributed by atoms with Crippen molar-refractivity contribution in [3.63, 3.8) is 0 Å². The highest BCUT2D eigenvalue weighted by atomic mass is 16.1. The average Bonchev–Trinajstić information content (AvgIpc) is 2.36. The lowest BCUT2D eigenvalue weighted by Gasteiger charge is -2.24. The van der Waals surface area contributed by atoms with Crippen molar-refractivity contribution in [1.29, 1.82) is 0 Å². The number of fused-ring (bicyclic) bond motifs is 1. The van der Waals surface area contributed by atoms with Gasteiger partial charge in [0.1, 0.15) is 0 Å². The molecule has 0 unspecified atom stereocenters. The molecule has 2 aliphatic rings. The highest BCUT2D eigenvalue weighted by Gasteiger charge is 2.32. The summed E-state index contributed by atoms with van der Waals surface area (Å²) in [7, 11) is 0. The second-order valence-corrected chi connectivity index (χ2v) is 4.37. The third-order valence-corrected chi connectivity index (χ3v) is 3.43. The van der Waals surface area contributed by atoms with Gasteiger partial charge in [0.2, 0.25) is 0 Å². The highest BCUT2D eigenvalue weighted by molar-refractivity contribution is 6.27. The molecule has 0 fully saturated rings. The van der Waals surface area contributed by atoms with Crippen LogP contribution in [0.25, 0.3) is 0 Å². The van der Waals surface area contributed by atoms with E-state index in [0.717, 1.165) is 36.8 Å². The largest absolute Gasteiger partial charge is 0.289 e. The van der Waals surface area contributed by atoms with Crippen LogP contribution in [0.3, 0.4) is 0 Å². The summed E-state index contributed by atoms with van der Waals surface area (Å²) in [6.45, 7) is 0. The van der Waals surface area contributed by atoms with E-state index < -0.39 is 0 Å². The van der Waals surface area contributed by atoms with Crippen LogP contribution in [-0.4, -0.2) is 11.6 Å². The van der Waals surface area contributed by atoms with Crippen LogP contribution >= 0.6 is 0 Å². The Morgan fingerprint density at radius 2 is 1.19 bits per heavy atom. The summed E-state index contributed by atoms with van der Waals surface area (Å²) in [6, 6.07) is 7.15. The van der Waals surface area contributed by atoms with Gasteiger partial charge in [-0.15, -0.1) is 0 Å². The van der Waals surface area contributed by atoms with Crippen molar-refractivity contribution in [2.45, 2.75) is 25.7 Å². The molecule has 1 aromatic rings. The SMILES string of the molecule is O=C1C2=C(CCCC2)C(=O)c2ccccc21. The van der Waals surface area contributed by atoms with E-state index >= 15 is 0 Å². The van der Waals surface area contributed by atoms with Crippen LogP contribution in [-0.2, 0) is 0 Å². The summed E-state index contributed by atoms with van der Waals surface area (Å²) in [5, 5.41) is 0. The third-order valence-electron chi connectivity index (χ3n) is 3.43. The van der Waals surface area contributed by atoms with Crippen molar-refractivity contribution in [3.8, 4) is 0 Å². The number of hydrogen-bond donors (Lipinski definition) is 0. The maximum atomic E-state index is 12.2. The number of ketones is 2. The van der Waals surface area contributed by atoms with Gasteiger partial charge in [-0.3, -0.25) is 9.59 Å². The van der Waals surface area contributed by atoms with Crippen LogP contribution in [0, 0.1) is 0 Å². The standard InChI is InChI=1S/C14H12O2/c15-13-9-5-1-2-6-10(9)14(16)12-8-4-3-7-11(12)13/h1-2,5-6H,3-4,7-8H2. The Kier molecular flexibility index (Phi) is 2.03. The molecule has 0 spiro atoms. The summed E-state index contributed by atoms with van der Waals surface area (Å²) in [6.07, 6.45) is 3.60. The first-order valence-corrected chi connectivity index (χ1v) is 5.69. The molecule has 0 radical (unpaired) electrons. The summed E-state index contributed by atoms with van der Waals surface area (Å²) in [5.41, 5.74) is 2.73. The van der Waals surface area contributed by atoms with Crippen LogP contribution in [0.5, 0.6) is 0 Å². The van der Waals surface area contributed by atoms with Gasteiger partial charge in [0.15, 0.2) is 11.6 Å². The molecule has 0 atom stereocenters. The molecule has 1 aromatic carbocycles. The maximum Gasteiger partial charge on any atom is 0.190 e. The van der Waals surface area contributed by atoms with Crippen LogP contribution in [0.4, 0.5) is 0 Å². The predicted octanol–water partition coefficient (Wildman–Crippen LogP) is 2.94. The zero-order valence-electron chi connectivity index (χ0n) is 8.95. The number of benzene rings is 1. The Hall–Kier alpha value is -1.70. The Morgan fingerprint density at radius 3 is 1.62 bits per heavy atom. The molecule has 0 N–H and O–H groups in total. The van der Waals surface area contributed by atoms with Gasteiger partial charge >= 0.3 is 0 Å². The quantitative estimate of drug-likeness (QED) is 0.662. The minimum absolute atomic E-state index is 0.0740. The van der Waals surface area contributed by atoms with Gasteiger partial charge in [0.25, 0.3) is 0 Å². The fourth-order valence-corrected chi connectivity index (χ4v) is 2.61. The van der Waals surface area contributed by atoms with Crippen LogP contribution < -0.4 is 0 Å². The van der Waals surface area contributed by atoms with Gasteiger partial charge in [0.05, 0.1) is 0 Å². The van der Waals surface area contributed by atoms with Crippen molar-refractivity contribution in [3.05, 3.63) is 46.5 Å². The molecule has 2 heteroatoms. The zero-order chi connectivity index (χ0) is 11.1. The molecule has 3 rings (SSSR count). The predicted molar refractivity (Wildman–Crippen MR) is 60.6 cm³/mol. The molecule has 0 aliphatic heterocycles.